The number of hydrogen-bond donors (Lipinski definition) is 0. The van der Waals surface area contributed by atoms with Crippen LogP contribution >= 0.6 is 0 Å². The van der Waals surface area contributed by atoms with Crippen LogP contribution in [0, 0.1) is 6.92 Å². The molecule has 118 valence electrons. The van der Waals surface area contributed by atoms with Gasteiger partial charge in [0.1, 0.15) is 12.1 Å². The summed E-state index contributed by atoms with van der Waals surface area (Å²) >= 11 is 0. The molecule has 23 heavy (non-hydrogen) atoms. The van der Waals surface area contributed by atoms with Gasteiger partial charge in [-0.25, -0.2) is 9.97 Å². The molecule has 1 aliphatic rings. The maximum atomic E-state index is 4.47. The highest BCUT2D eigenvalue weighted by Crippen LogP contribution is 2.24. The summed E-state index contributed by atoms with van der Waals surface area (Å²) < 4.78 is 1.78. The number of fused-ring (bicyclic) bond motifs is 1. The van der Waals surface area contributed by atoms with Crippen molar-refractivity contribution < 1.29 is 0 Å². The van der Waals surface area contributed by atoms with E-state index in [0.717, 1.165) is 54.5 Å². The zero-order valence-electron chi connectivity index (χ0n) is 13.2. The van der Waals surface area contributed by atoms with E-state index in [1.165, 1.54) is 0 Å². The maximum Gasteiger partial charge on any atom is 0.163 e. The number of nitrogens with zero attached hydrogens (tertiary/aromatic N) is 8. The summed E-state index contributed by atoms with van der Waals surface area (Å²) in [4.78, 5) is 13.3. The lowest BCUT2D eigenvalue weighted by molar-refractivity contribution is 0.638. The van der Waals surface area contributed by atoms with Crippen LogP contribution in [0.2, 0.25) is 0 Å². The molecule has 0 aromatic carbocycles. The van der Waals surface area contributed by atoms with Gasteiger partial charge < -0.3 is 9.80 Å². The van der Waals surface area contributed by atoms with Gasteiger partial charge >= 0.3 is 0 Å². The van der Waals surface area contributed by atoms with Crippen LogP contribution in [-0.2, 0) is 7.05 Å². The Morgan fingerprint density at radius 1 is 0.957 bits per heavy atom. The van der Waals surface area contributed by atoms with Crippen LogP contribution in [0.1, 0.15) is 5.69 Å². The molecule has 0 spiro atoms. The molecule has 0 unspecified atom stereocenters. The van der Waals surface area contributed by atoms with E-state index in [1.54, 1.807) is 11.0 Å². The smallest absolute Gasteiger partial charge is 0.163 e. The molecule has 0 bridgehead atoms. The minimum atomic E-state index is 0.863. The van der Waals surface area contributed by atoms with Crippen molar-refractivity contribution in [1.29, 1.82) is 0 Å². The molecule has 1 aliphatic heterocycles. The Labute approximate surface area is 133 Å². The van der Waals surface area contributed by atoms with Crippen molar-refractivity contribution in [2.45, 2.75) is 6.92 Å². The van der Waals surface area contributed by atoms with Crippen molar-refractivity contribution >= 4 is 22.7 Å². The van der Waals surface area contributed by atoms with Gasteiger partial charge in [-0.3, -0.25) is 4.68 Å². The lowest BCUT2D eigenvalue weighted by atomic mass is 10.2. The van der Waals surface area contributed by atoms with Crippen molar-refractivity contribution in [2.24, 2.45) is 7.05 Å². The summed E-state index contributed by atoms with van der Waals surface area (Å²) in [5.41, 5.74) is 1.80. The second kappa shape index (κ2) is 5.45. The Morgan fingerprint density at radius 2 is 1.74 bits per heavy atom. The fraction of sp³-hybridized carbons (Fsp3) is 0.400. The van der Waals surface area contributed by atoms with Crippen LogP contribution in [0.4, 0.5) is 11.6 Å². The van der Waals surface area contributed by atoms with Gasteiger partial charge in [-0.15, -0.1) is 5.10 Å². The fourth-order valence-corrected chi connectivity index (χ4v) is 2.91. The number of aromatic nitrogens is 6. The molecule has 0 saturated carbocycles. The molecule has 0 radical (unpaired) electrons. The number of anilines is 2. The first-order valence-electron chi connectivity index (χ1n) is 7.65. The molecule has 4 rings (SSSR count). The predicted molar refractivity (Wildman–Crippen MR) is 87.5 cm³/mol. The van der Waals surface area contributed by atoms with Crippen LogP contribution in [0.5, 0.6) is 0 Å². The highest BCUT2D eigenvalue weighted by molar-refractivity contribution is 5.86. The van der Waals surface area contributed by atoms with E-state index in [4.69, 9.17) is 0 Å². The first-order chi connectivity index (χ1) is 11.2. The van der Waals surface area contributed by atoms with Gasteiger partial charge in [-0.05, 0) is 19.1 Å². The average Bonchev–Trinajstić information content (AvgIpc) is 2.97. The Kier molecular flexibility index (Phi) is 3.29. The number of rotatable bonds is 2. The topological polar surface area (TPSA) is 75.9 Å². The van der Waals surface area contributed by atoms with Gasteiger partial charge in [-0.2, -0.15) is 10.2 Å². The van der Waals surface area contributed by atoms with E-state index >= 15 is 0 Å². The van der Waals surface area contributed by atoms with Crippen molar-refractivity contribution in [3.05, 3.63) is 30.4 Å². The number of aryl methyl sites for hydroxylation is 2. The third kappa shape index (κ3) is 2.45. The Hall–Kier alpha value is -2.77. The summed E-state index contributed by atoms with van der Waals surface area (Å²) in [6.45, 7) is 5.50. The van der Waals surface area contributed by atoms with Gasteiger partial charge in [-0.1, -0.05) is 0 Å². The molecule has 1 saturated heterocycles. The first-order valence-corrected chi connectivity index (χ1v) is 7.65. The van der Waals surface area contributed by atoms with Gasteiger partial charge in [0.25, 0.3) is 0 Å². The van der Waals surface area contributed by atoms with Crippen molar-refractivity contribution in [3.8, 4) is 0 Å². The van der Waals surface area contributed by atoms with Crippen LogP contribution in [-0.4, -0.2) is 56.1 Å². The SMILES string of the molecule is Cc1ccc(N2CCN(c3ncnc4c3cnn4C)CC2)nn1. The zero-order chi connectivity index (χ0) is 15.8. The number of piperazine rings is 1. The third-order valence-electron chi connectivity index (χ3n) is 4.20. The third-order valence-corrected chi connectivity index (χ3v) is 4.20. The highest BCUT2D eigenvalue weighted by atomic mass is 15.3. The number of hydrogen-bond acceptors (Lipinski definition) is 7. The molecule has 8 nitrogen and oxygen atoms in total. The van der Waals surface area contributed by atoms with E-state index in [1.807, 2.05) is 32.3 Å². The monoisotopic (exact) mass is 310 g/mol. The lowest BCUT2D eigenvalue weighted by Crippen LogP contribution is -2.47. The second-order valence-electron chi connectivity index (χ2n) is 5.71. The molecular weight excluding hydrogens is 292 g/mol. The van der Waals surface area contributed by atoms with Gasteiger partial charge in [0.15, 0.2) is 11.5 Å². The Balaban J connectivity index is 1.54. The molecule has 0 aliphatic carbocycles. The molecule has 0 N–H and O–H groups in total. The van der Waals surface area contributed by atoms with E-state index in [9.17, 15) is 0 Å². The van der Waals surface area contributed by atoms with E-state index in [-0.39, 0.29) is 0 Å². The van der Waals surface area contributed by atoms with Crippen molar-refractivity contribution in [2.75, 3.05) is 36.0 Å². The molecule has 0 atom stereocenters. The zero-order valence-corrected chi connectivity index (χ0v) is 13.2. The summed E-state index contributed by atoms with van der Waals surface area (Å²) in [5.74, 6) is 1.89. The van der Waals surface area contributed by atoms with Crippen LogP contribution in [0.25, 0.3) is 11.0 Å². The minimum absolute atomic E-state index is 0.863. The van der Waals surface area contributed by atoms with Crippen LogP contribution < -0.4 is 9.80 Å². The summed E-state index contributed by atoms with van der Waals surface area (Å²) in [7, 11) is 1.90. The van der Waals surface area contributed by atoms with Gasteiger partial charge in [0.05, 0.1) is 17.3 Å². The molecule has 0 amide bonds. The van der Waals surface area contributed by atoms with E-state index in [2.05, 4.69) is 35.1 Å². The minimum Gasteiger partial charge on any atom is -0.352 e. The molecule has 8 heteroatoms. The van der Waals surface area contributed by atoms with Gasteiger partial charge in [0, 0.05) is 33.2 Å². The quantitative estimate of drug-likeness (QED) is 0.692. The predicted octanol–water partition coefficient (Wildman–Crippen LogP) is 0.788. The van der Waals surface area contributed by atoms with Crippen molar-refractivity contribution in [3.63, 3.8) is 0 Å². The largest absolute Gasteiger partial charge is 0.352 e. The van der Waals surface area contributed by atoms with E-state index < -0.39 is 0 Å². The summed E-state index contributed by atoms with van der Waals surface area (Å²) in [6, 6.07) is 4.03. The maximum absolute atomic E-state index is 4.47. The van der Waals surface area contributed by atoms with Crippen LogP contribution in [0.15, 0.2) is 24.7 Å². The average molecular weight is 310 g/mol. The molecule has 3 aromatic rings. The molecular formula is C15H18N8. The Bertz CT molecular complexity index is 817. The molecule has 4 heterocycles. The summed E-state index contributed by atoms with van der Waals surface area (Å²) in [5, 5.41) is 13.7. The van der Waals surface area contributed by atoms with Crippen LogP contribution in [0.3, 0.4) is 0 Å². The Morgan fingerprint density at radius 3 is 2.48 bits per heavy atom. The standard InChI is InChI=1S/C15H18N8/c1-11-3-4-13(20-19-11)22-5-7-23(8-6-22)15-12-9-18-21(2)14(12)16-10-17-15/h3-4,9-10H,5-8H2,1-2H3. The van der Waals surface area contributed by atoms with Gasteiger partial charge in [0.2, 0.25) is 0 Å². The normalized spacial score (nSPS) is 15.4. The first kappa shape index (κ1) is 13.9. The van der Waals surface area contributed by atoms with Crippen molar-refractivity contribution in [1.82, 2.24) is 29.9 Å². The summed E-state index contributed by atoms with van der Waals surface area (Å²) in [6.07, 6.45) is 3.44. The lowest BCUT2D eigenvalue weighted by Gasteiger charge is -2.35. The highest BCUT2D eigenvalue weighted by Gasteiger charge is 2.21. The van der Waals surface area contributed by atoms with E-state index in [0.29, 0.717) is 0 Å². The second-order valence-corrected chi connectivity index (χ2v) is 5.71. The fourth-order valence-electron chi connectivity index (χ4n) is 2.91. The molecule has 3 aromatic heterocycles. The molecule has 1 fully saturated rings.